The number of rotatable bonds is 7. The number of nitrogens with zero attached hydrogens (tertiary/aromatic N) is 2. The van der Waals surface area contributed by atoms with Crippen molar-refractivity contribution in [3.05, 3.63) is 27.7 Å². The van der Waals surface area contributed by atoms with Crippen LogP contribution < -0.4 is 9.47 Å². The number of unbranched alkanes of at least 4 members (excludes halogenated alkanes) is 1. The summed E-state index contributed by atoms with van der Waals surface area (Å²) in [4.78, 5) is 0. The Labute approximate surface area is 133 Å². The van der Waals surface area contributed by atoms with Gasteiger partial charge in [0.2, 0.25) is 0 Å². The highest BCUT2D eigenvalue weighted by molar-refractivity contribution is 9.10. The van der Waals surface area contributed by atoms with E-state index in [1.807, 2.05) is 19.1 Å². The van der Waals surface area contributed by atoms with Crippen LogP contribution in [0.25, 0.3) is 6.08 Å². The molecular formula is C16H17BrN2O2. The highest BCUT2D eigenvalue weighted by Crippen LogP contribution is 2.35. The van der Waals surface area contributed by atoms with E-state index >= 15 is 0 Å². The first kappa shape index (κ1) is 17.1. The minimum Gasteiger partial charge on any atom is -0.490 e. The Kier molecular flexibility index (Phi) is 7.36. The lowest BCUT2D eigenvalue weighted by Crippen LogP contribution is -2.01. The van der Waals surface area contributed by atoms with Crippen LogP contribution in [-0.4, -0.2) is 13.2 Å². The molecule has 0 aliphatic carbocycles. The Morgan fingerprint density at radius 2 is 1.86 bits per heavy atom. The highest BCUT2D eigenvalue weighted by atomic mass is 79.9. The number of hydrogen-bond acceptors (Lipinski definition) is 4. The van der Waals surface area contributed by atoms with Gasteiger partial charge in [-0.1, -0.05) is 29.3 Å². The number of ether oxygens (including phenoxy) is 2. The molecular weight excluding hydrogens is 332 g/mol. The van der Waals surface area contributed by atoms with Gasteiger partial charge in [-0.05, 0) is 37.1 Å². The summed E-state index contributed by atoms with van der Waals surface area (Å²) in [5, 5.41) is 17.7. The van der Waals surface area contributed by atoms with Crippen LogP contribution in [0.1, 0.15) is 32.3 Å². The van der Waals surface area contributed by atoms with Gasteiger partial charge in [-0.3, -0.25) is 0 Å². The zero-order valence-electron chi connectivity index (χ0n) is 12.1. The molecule has 0 radical (unpaired) electrons. The van der Waals surface area contributed by atoms with Gasteiger partial charge in [0.25, 0.3) is 0 Å². The number of allylic oxidation sites excluding steroid dienone is 1. The molecule has 0 amide bonds. The molecule has 1 rings (SSSR count). The van der Waals surface area contributed by atoms with Crippen LogP contribution in [0.2, 0.25) is 0 Å². The molecule has 0 bridgehead atoms. The van der Waals surface area contributed by atoms with Gasteiger partial charge < -0.3 is 9.47 Å². The predicted molar refractivity (Wildman–Crippen MR) is 84.9 cm³/mol. The lowest BCUT2D eigenvalue weighted by molar-refractivity contribution is 0.272. The molecule has 1 aromatic carbocycles. The highest BCUT2D eigenvalue weighted by Gasteiger charge is 2.10. The van der Waals surface area contributed by atoms with Crippen molar-refractivity contribution in [3.8, 4) is 23.6 Å². The maximum absolute atomic E-state index is 8.84. The van der Waals surface area contributed by atoms with Crippen molar-refractivity contribution in [1.82, 2.24) is 0 Å². The molecule has 0 N–H and O–H groups in total. The summed E-state index contributed by atoms with van der Waals surface area (Å²) in [6.07, 6.45) is 3.54. The van der Waals surface area contributed by atoms with Crippen LogP contribution >= 0.6 is 15.9 Å². The molecule has 0 aromatic heterocycles. The maximum atomic E-state index is 8.84. The van der Waals surface area contributed by atoms with Crippen LogP contribution in [0.15, 0.2) is 22.2 Å². The predicted octanol–water partition coefficient (Wildman–Crippen LogP) is 4.46. The van der Waals surface area contributed by atoms with Crippen LogP contribution in [0.5, 0.6) is 11.5 Å². The fourth-order valence-electron chi connectivity index (χ4n) is 1.61. The summed E-state index contributed by atoms with van der Waals surface area (Å²) in [6, 6.07) is 7.26. The van der Waals surface area contributed by atoms with Crippen molar-refractivity contribution < 1.29 is 9.47 Å². The summed E-state index contributed by atoms with van der Waals surface area (Å²) in [5.41, 5.74) is 0.747. The summed E-state index contributed by atoms with van der Waals surface area (Å²) in [6.45, 7) is 5.13. The van der Waals surface area contributed by atoms with Crippen molar-refractivity contribution in [2.75, 3.05) is 13.2 Å². The molecule has 0 fully saturated rings. The first-order valence-electron chi connectivity index (χ1n) is 6.77. The zero-order chi connectivity index (χ0) is 15.7. The fraction of sp³-hybridized carbons (Fsp3) is 0.375. The SMILES string of the molecule is CCCCOc1cc(Br)c(C=C(C#N)C#N)cc1OCC. The molecule has 110 valence electrons. The molecule has 0 saturated heterocycles. The van der Waals surface area contributed by atoms with E-state index in [0.29, 0.717) is 30.3 Å². The first-order chi connectivity index (χ1) is 10.2. The number of halogens is 1. The second-order valence-corrected chi connectivity index (χ2v) is 5.09. The van der Waals surface area contributed by atoms with Crippen LogP contribution in [0, 0.1) is 22.7 Å². The van der Waals surface area contributed by atoms with E-state index in [-0.39, 0.29) is 5.57 Å². The third kappa shape index (κ3) is 5.13. The van der Waals surface area contributed by atoms with Gasteiger partial charge in [-0.15, -0.1) is 0 Å². The average molecular weight is 349 g/mol. The van der Waals surface area contributed by atoms with Crippen molar-refractivity contribution in [2.24, 2.45) is 0 Å². The molecule has 0 saturated carbocycles. The van der Waals surface area contributed by atoms with E-state index in [4.69, 9.17) is 20.0 Å². The van der Waals surface area contributed by atoms with Gasteiger partial charge in [0.15, 0.2) is 11.5 Å². The van der Waals surface area contributed by atoms with Crippen LogP contribution in [-0.2, 0) is 0 Å². The molecule has 0 unspecified atom stereocenters. The van der Waals surface area contributed by atoms with Crippen molar-refractivity contribution >= 4 is 22.0 Å². The number of hydrogen-bond donors (Lipinski definition) is 0. The first-order valence-corrected chi connectivity index (χ1v) is 7.56. The number of benzene rings is 1. The lowest BCUT2D eigenvalue weighted by atomic mass is 10.1. The molecule has 0 aliphatic heterocycles. The van der Waals surface area contributed by atoms with E-state index in [1.54, 1.807) is 12.1 Å². The number of nitriles is 2. The Hall–Kier alpha value is -1.98. The van der Waals surface area contributed by atoms with Gasteiger partial charge in [-0.2, -0.15) is 10.5 Å². The quantitative estimate of drug-likeness (QED) is 0.539. The molecule has 21 heavy (non-hydrogen) atoms. The van der Waals surface area contributed by atoms with E-state index in [9.17, 15) is 0 Å². The Balaban J connectivity index is 3.15. The van der Waals surface area contributed by atoms with Gasteiger partial charge in [0, 0.05) is 4.47 Å². The summed E-state index contributed by atoms with van der Waals surface area (Å²) in [7, 11) is 0. The van der Waals surface area contributed by atoms with E-state index in [0.717, 1.165) is 17.3 Å². The summed E-state index contributed by atoms with van der Waals surface area (Å²) >= 11 is 3.43. The smallest absolute Gasteiger partial charge is 0.162 e. The average Bonchev–Trinajstić information content (AvgIpc) is 2.48. The third-order valence-electron chi connectivity index (χ3n) is 2.66. The van der Waals surface area contributed by atoms with E-state index in [2.05, 4.69) is 22.9 Å². The Morgan fingerprint density at radius 1 is 1.19 bits per heavy atom. The maximum Gasteiger partial charge on any atom is 0.162 e. The topological polar surface area (TPSA) is 66.0 Å². The van der Waals surface area contributed by atoms with Gasteiger partial charge >= 0.3 is 0 Å². The standard InChI is InChI=1S/C16H17BrN2O2/c1-3-5-6-21-16-9-14(17)13(7-12(10-18)11-19)8-15(16)20-4-2/h7-9H,3-6H2,1-2H3. The molecule has 5 heteroatoms. The zero-order valence-corrected chi connectivity index (χ0v) is 13.7. The van der Waals surface area contributed by atoms with Gasteiger partial charge in [0.05, 0.1) is 13.2 Å². The normalized spacial score (nSPS) is 9.38. The van der Waals surface area contributed by atoms with Gasteiger partial charge in [0.1, 0.15) is 17.7 Å². The summed E-state index contributed by atoms with van der Waals surface area (Å²) in [5.74, 6) is 1.27. The van der Waals surface area contributed by atoms with Gasteiger partial charge in [-0.25, -0.2) is 0 Å². The molecule has 1 aromatic rings. The second kappa shape index (κ2) is 9.05. The van der Waals surface area contributed by atoms with Crippen molar-refractivity contribution in [3.63, 3.8) is 0 Å². The lowest BCUT2D eigenvalue weighted by Gasteiger charge is -2.13. The minimum absolute atomic E-state index is 0.0396. The largest absolute Gasteiger partial charge is 0.490 e. The molecule has 0 atom stereocenters. The van der Waals surface area contributed by atoms with E-state index in [1.165, 1.54) is 6.08 Å². The second-order valence-electron chi connectivity index (χ2n) is 4.24. The molecule has 0 heterocycles. The molecule has 0 spiro atoms. The minimum atomic E-state index is 0.0396. The van der Waals surface area contributed by atoms with E-state index < -0.39 is 0 Å². The van der Waals surface area contributed by atoms with Crippen LogP contribution in [0.4, 0.5) is 0 Å². The summed E-state index contributed by atoms with van der Waals surface area (Å²) < 4.78 is 12.0. The Morgan fingerprint density at radius 3 is 2.43 bits per heavy atom. The van der Waals surface area contributed by atoms with Crippen molar-refractivity contribution in [1.29, 1.82) is 10.5 Å². The molecule has 4 nitrogen and oxygen atoms in total. The third-order valence-corrected chi connectivity index (χ3v) is 3.35. The Bertz CT molecular complexity index is 582. The van der Waals surface area contributed by atoms with Crippen molar-refractivity contribution in [2.45, 2.75) is 26.7 Å². The monoisotopic (exact) mass is 348 g/mol. The molecule has 0 aliphatic rings. The van der Waals surface area contributed by atoms with Crippen LogP contribution in [0.3, 0.4) is 0 Å². The fourth-order valence-corrected chi connectivity index (χ4v) is 2.05.